The molecule has 2 rings (SSSR count). The van der Waals surface area contributed by atoms with E-state index in [-0.39, 0.29) is 0 Å². The summed E-state index contributed by atoms with van der Waals surface area (Å²) in [5.74, 6) is 1.90. The molecule has 0 radical (unpaired) electrons. The molecule has 2 fully saturated rings. The number of nitrogens with one attached hydrogen (secondary N) is 1. The molecule has 3 nitrogen and oxygen atoms in total. The molecule has 3 heteroatoms. The Morgan fingerprint density at radius 1 is 1.50 bits per heavy atom. The van der Waals surface area contributed by atoms with E-state index in [1.54, 1.807) is 0 Å². The number of rotatable bonds is 4. The lowest BCUT2D eigenvalue weighted by Crippen LogP contribution is -2.40. The molecular formula is C11H20N2O. The van der Waals surface area contributed by atoms with Crippen LogP contribution >= 0.6 is 0 Å². The lowest BCUT2D eigenvalue weighted by molar-refractivity contribution is -0.128. The Kier molecular flexibility index (Phi) is 2.77. The van der Waals surface area contributed by atoms with Crippen molar-refractivity contribution in [3.8, 4) is 0 Å². The summed E-state index contributed by atoms with van der Waals surface area (Å²) in [6.45, 7) is 1.06. The standard InChI is InChI=1S/C11H20N2O/c1-12-7-9(8-3-4-8)10-5-6-11(14)13(10)2/h8-10,12H,3-7H2,1-2H3. The van der Waals surface area contributed by atoms with E-state index in [4.69, 9.17) is 0 Å². The first kappa shape index (κ1) is 9.97. The zero-order valence-electron chi connectivity index (χ0n) is 9.12. The molecule has 1 saturated carbocycles. The monoisotopic (exact) mass is 196 g/mol. The lowest BCUT2D eigenvalue weighted by Gasteiger charge is -2.29. The quantitative estimate of drug-likeness (QED) is 0.723. The van der Waals surface area contributed by atoms with Crippen molar-refractivity contribution in [2.75, 3.05) is 20.6 Å². The van der Waals surface area contributed by atoms with Gasteiger partial charge in [-0.15, -0.1) is 0 Å². The summed E-state index contributed by atoms with van der Waals surface area (Å²) in [7, 11) is 3.97. The van der Waals surface area contributed by atoms with Gasteiger partial charge in [-0.2, -0.15) is 0 Å². The highest BCUT2D eigenvalue weighted by Crippen LogP contribution is 2.41. The number of amides is 1. The third kappa shape index (κ3) is 1.78. The molecule has 2 atom stereocenters. The maximum absolute atomic E-state index is 11.4. The van der Waals surface area contributed by atoms with E-state index in [1.165, 1.54) is 12.8 Å². The zero-order valence-corrected chi connectivity index (χ0v) is 9.12. The first-order chi connectivity index (χ1) is 6.74. The molecule has 0 aromatic heterocycles. The van der Waals surface area contributed by atoms with Gasteiger partial charge in [0.05, 0.1) is 0 Å². The number of carbonyl (C=O) groups is 1. The SMILES string of the molecule is CNCC(C1CC1)C1CCC(=O)N1C. The molecule has 1 aliphatic carbocycles. The van der Waals surface area contributed by atoms with E-state index in [9.17, 15) is 4.79 Å². The molecule has 2 unspecified atom stereocenters. The van der Waals surface area contributed by atoms with Crippen molar-refractivity contribution in [1.29, 1.82) is 0 Å². The molecule has 1 amide bonds. The smallest absolute Gasteiger partial charge is 0.222 e. The van der Waals surface area contributed by atoms with Crippen LogP contribution in [0, 0.1) is 11.8 Å². The molecule has 14 heavy (non-hydrogen) atoms. The number of likely N-dealkylation sites (tertiary alicyclic amines) is 1. The Hall–Kier alpha value is -0.570. The van der Waals surface area contributed by atoms with Crippen molar-refractivity contribution in [3.63, 3.8) is 0 Å². The van der Waals surface area contributed by atoms with Crippen molar-refractivity contribution in [2.45, 2.75) is 31.7 Å². The van der Waals surface area contributed by atoms with Gasteiger partial charge < -0.3 is 10.2 Å². The van der Waals surface area contributed by atoms with Crippen LogP contribution in [-0.2, 0) is 4.79 Å². The molecule has 0 aromatic rings. The predicted molar refractivity (Wildman–Crippen MR) is 55.9 cm³/mol. The number of nitrogens with zero attached hydrogens (tertiary/aromatic N) is 1. The van der Waals surface area contributed by atoms with Crippen LogP contribution in [0.3, 0.4) is 0 Å². The average Bonchev–Trinajstić information content (AvgIpc) is 2.94. The number of hydrogen-bond donors (Lipinski definition) is 1. The molecule has 1 heterocycles. The first-order valence-corrected chi connectivity index (χ1v) is 5.64. The molecular weight excluding hydrogens is 176 g/mol. The maximum Gasteiger partial charge on any atom is 0.222 e. The molecule has 1 N–H and O–H groups in total. The molecule has 0 aromatic carbocycles. The van der Waals surface area contributed by atoms with Crippen LogP contribution in [0.15, 0.2) is 0 Å². The third-order valence-corrected chi connectivity index (χ3v) is 3.71. The van der Waals surface area contributed by atoms with Gasteiger partial charge in [0, 0.05) is 19.5 Å². The second-order valence-electron chi connectivity index (χ2n) is 4.67. The van der Waals surface area contributed by atoms with Crippen molar-refractivity contribution >= 4 is 5.91 Å². The van der Waals surface area contributed by atoms with E-state index in [0.29, 0.717) is 17.9 Å². The van der Waals surface area contributed by atoms with Crippen LogP contribution < -0.4 is 5.32 Å². The zero-order chi connectivity index (χ0) is 10.1. The molecule has 0 spiro atoms. The average molecular weight is 196 g/mol. The van der Waals surface area contributed by atoms with Gasteiger partial charge in [0.15, 0.2) is 0 Å². The van der Waals surface area contributed by atoms with E-state index >= 15 is 0 Å². The van der Waals surface area contributed by atoms with Crippen molar-refractivity contribution in [3.05, 3.63) is 0 Å². The minimum Gasteiger partial charge on any atom is -0.342 e. The van der Waals surface area contributed by atoms with E-state index in [0.717, 1.165) is 25.3 Å². The van der Waals surface area contributed by atoms with Crippen molar-refractivity contribution < 1.29 is 4.79 Å². The molecule has 0 bridgehead atoms. The summed E-state index contributed by atoms with van der Waals surface area (Å²) in [4.78, 5) is 13.4. The van der Waals surface area contributed by atoms with Crippen LogP contribution in [-0.4, -0.2) is 37.5 Å². The highest BCUT2D eigenvalue weighted by Gasteiger charge is 2.41. The highest BCUT2D eigenvalue weighted by molar-refractivity contribution is 5.78. The van der Waals surface area contributed by atoms with Gasteiger partial charge in [0.2, 0.25) is 5.91 Å². The summed E-state index contributed by atoms with van der Waals surface area (Å²) in [6.07, 6.45) is 4.56. The lowest BCUT2D eigenvalue weighted by atomic mass is 9.92. The summed E-state index contributed by atoms with van der Waals surface area (Å²) in [6, 6.07) is 0.502. The molecule has 80 valence electrons. The van der Waals surface area contributed by atoms with Gasteiger partial charge >= 0.3 is 0 Å². The topological polar surface area (TPSA) is 32.3 Å². The van der Waals surface area contributed by atoms with Gasteiger partial charge in [-0.05, 0) is 44.7 Å². The largest absolute Gasteiger partial charge is 0.342 e. The Bertz CT molecular complexity index is 225. The van der Waals surface area contributed by atoms with Gasteiger partial charge in [0.1, 0.15) is 0 Å². The normalized spacial score (nSPS) is 29.7. The van der Waals surface area contributed by atoms with Gasteiger partial charge in [-0.1, -0.05) is 0 Å². The Morgan fingerprint density at radius 2 is 2.21 bits per heavy atom. The van der Waals surface area contributed by atoms with Gasteiger partial charge in [-0.3, -0.25) is 4.79 Å². The van der Waals surface area contributed by atoms with Gasteiger partial charge in [-0.25, -0.2) is 0 Å². The summed E-state index contributed by atoms with van der Waals surface area (Å²) < 4.78 is 0. The highest BCUT2D eigenvalue weighted by atomic mass is 16.2. The van der Waals surface area contributed by atoms with Crippen LogP contribution in [0.1, 0.15) is 25.7 Å². The molecule has 2 aliphatic rings. The summed E-state index contributed by atoms with van der Waals surface area (Å²) in [5, 5.41) is 3.26. The molecule has 1 aliphatic heterocycles. The van der Waals surface area contributed by atoms with E-state index in [2.05, 4.69) is 5.32 Å². The fraction of sp³-hybridized carbons (Fsp3) is 0.909. The van der Waals surface area contributed by atoms with Crippen LogP contribution in [0.25, 0.3) is 0 Å². The van der Waals surface area contributed by atoms with Crippen molar-refractivity contribution in [2.24, 2.45) is 11.8 Å². The second-order valence-corrected chi connectivity index (χ2v) is 4.67. The minimum atomic E-state index is 0.330. The third-order valence-electron chi connectivity index (χ3n) is 3.71. The number of carbonyl (C=O) groups excluding carboxylic acids is 1. The first-order valence-electron chi connectivity index (χ1n) is 5.64. The fourth-order valence-electron chi connectivity index (χ4n) is 2.70. The minimum absolute atomic E-state index is 0.330. The van der Waals surface area contributed by atoms with Crippen molar-refractivity contribution in [1.82, 2.24) is 10.2 Å². The van der Waals surface area contributed by atoms with Crippen LogP contribution in [0.4, 0.5) is 0 Å². The van der Waals surface area contributed by atoms with Crippen LogP contribution in [0.2, 0.25) is 0 Å². The molecule has 1 saturated heterocycles. The summed E-state index contributed by atoms with van der Waals surface area (Å²) in [5.41, 5.74) is 0. The summed E-state index contributed by atoms with van der Waals surface area (Å²) >= 11 is 0. The van der Waals surface area contributed by atoms with Crippen LogP contribution in [0.5, 0.6) is 0 Å². The maximum atomic E-state index is 11.4. The second kappa shape index (κ2) is 3.89. The predicted octanol–water partition coefficient (Wildman–Crippen LogP) is 0.853. The van der Waals surface area contributed by atoms with E-state index < -0.39 is 0 Å². The Balaban J connectivity index is 1.99. The number of hydrogen-bond acceptors (Lipinski definition) is 2. The fourth-order valence-corrected chi connectivity index (χ4v) is 2.70. The Labute approximate surface area is 85.8 Å². The van der Waals surface area contributed by atoms with Gasteiger partial charge in [0.25, 0.3) is 0 Å². The van der Waals surface area contributed by atoms with E-state index in [1.807, 2.05) is 19.0 Å². The Morgan fingerprint density at radius 3 is 2.64 bits per heavy atom.